The highest BCUT2D eigenvalue weighted by Gasteiger charge is 2.30. The molecule has 134 valence electrons. The average molecular weight is 352 g/mol. The van der Waals surface area contributed by atoms with Gasteiger partial charge in [0.2, 0.25) is 11.0 Å². The lowest BCUT2D eigenvalue weighted by molar-refractivity contribution is -0.135. The molecule has 1 aromatic heterocycles. The lowest BCUT2D eigenvalue weighted by Crippen LogP contribution is -2.54. The fraction of sp³-hybridized carbons (Fsp3) is 0.824. The van der Waals surface area contributed by atoms with Crippen LogP contribution in [0.3, 0.4) is 0 Å². The predicted octanol–water partition coefficient (Wildman–Crippen LogP) is 1.87. The van der Waals surface area contributed by atoms with Gasteiger partial charge < -0.3 is 9.80 Å². The van der Waals surface area contributed by atoms with Gasteiger partial charge in [0, 0.05) is 57.2 Å². The second kappa shape index (κ2) is 7.78. The van der Waals surface area contributed by atoms with Gasteiger partial charge in [-0.15, -0.1) is 0 Å². The second-order valence-corrected chi connectivity index (χ2v) is 8.05. The van der Waals surface area contributed by atoms with Gasteiger partial charge in [0.25, 0.3) is 0 Å². The molecule has 2 saturated heterocycles. The van der Waals surface area contributed by atoms with E-state index in [2.05, 4.69) is 39.9 Å². The van der Waals surface area contributed by atoms with E-state index >= 15 is 0 Å². The quantitative estimate of drug-likeness (QED) is 0.811. The Kier molecular flexibility index (Phi) is 5.71. The van der Waals surface area contributed by atoms with E-state index in [4.69, 9.17) is 0 Å². The molecule has 2 fully saturated rings. The number of likely N-dealkylation sites (tertiary alicyclic amines) is 1. The van der Waals surface area contributed by atoms with Gasteiger partial charge in [-0.1, -0.05) is 13.8 Å². The average Bonchev–Trinajstić information content (AvgIpc) is 3.25. The Morgan fingerprint density at radius 2 is 1.75 bits per heavy atom. The van der Waals surface area contributed by atoms with Crippen LogP contribution >= 0.6 is 11.5 Å². The molecule has 0 spiro atoms. The zero-order valence-electron chi connectivity index (χ0n) is 15.1. The summed E-state index contributed by atoms with van der Waals surface area (Å²) in [5, 5.41) is 1.03. The summed E-state index contributed by atoms with van der Waals surface area (Å²) in [6.07, 6.45) is 3.25. The molecule has 2 aliphatic heterocycles. The van der Waals surface area contributed by atoms with Crippen LogP contribution in [0.1, 0.15) is 39.4 Å². The van der Waals surface area contributed by atoms with Gasteiger partial charge in [-0.3, -0.25) is 9.69 Å². The fourth-order valence-electron chi connectivity index (χ4n) is 3.48. The van der Waals surface area contributed by atoms with Crippen LogP contribution in [-0.4, -0.2) is 70.4 Å². The molecular weight excluding hydrogens is 322 g/mol. The third kappa shape index (κ3) is 4.06. The van der Waals surface area contributed by atoms with Crippen LogP contribution in [0.25, 0.3) is 0 Å². The minimum absolute atomic E-state index is 0.00354. The molecule has 0 saturated carbocycles. The summed E-state index contributed by atoms with van der Waals surface area (Å²) >= 11 is 1.51. The molecule has 24 heavy (non-hydrogen) atoms. The van der Waals surface area contributed by atoms with E-state index in [1.807, 2.05) is 4.90 Å². The minimum atomic E-state index is -0.00354. The normalized spacial score (nSPS) is 20.8. The molecule has 0 aromatic carbocycles. The summed E-state index contributed by atoms with van der Waals surface area (Å²) in [6.45, 7) is 12.0. The number of carbonyl (C=O) groups excluding carboxylic acids is 1. The molecule has 6 nitrogen and oxygen atoms in total. The van der Waals surface area contributed by atoms with Gasteiger partial charge in [-0.2, -0.15) is 4.37 Å². The van der Waals surface area contributed by atoms with Crippen molar-refractivity contribution in [2.24, 2.45) is 5.92 Å². The van der Waals surface area contributed by atoms with Crippen molar-refractivity contribution >= 4 is 22.6 Å². The van der Waals surface area contributed by atoms with Crippen molar-refractivity contribution in [2.45, 2.75) is 46.1 Å². The number of anilines is 1. The number of aromatic nitrogens is 2. The van der Waals surface area contributed by atoms with Gasteiger partial charge in [-0.05, 0) is 25.7 Å². The molecular formula is C17H29N5OS. The Labute approximate surface area is 149 Å². The molecule has 0 radical (unpaired) electrons. The number of hydrogen-bond acceptors (Lipinski definition) is 6. The van der Waals surface area contributed by atoms with Gasteiger partial charge in [0.15, 0.2) is 0 Å². The maximum atomic E-state index is 12.6. The minimum Gasteiger partial charge on any atom is -0.344 e. The largest absolute Gasteiger partial charge is 0.344 e. The monoisotopic (exact) mass is 351 g/mol. The van der Waals surface area contributed by atoms with Gasteiger partial charge >= 0.3 is 0 Å². The molecule has 1 amide bonds. The maximum absolute atomic E-state index is 12.6. The summed E-state index contributed by atoms with van der Waals surface area (Å²) in [4.78, 5) is 23.9. The van der Waals surface area contributed by atoms with E-state index in [1.165, 1.54) is 11.5 Å². The number of hydrogen-bond donors (Lipinski definition) is 0. The number of piperazine rings is 1. The topological polar surface area (TPSA) is 52.6 Å². The highest BCUT2D eigenvalue weighted by Crippen LogP contribution is 2.21. The van der Waals surface area contributed by atoms with Crippen molar-refractivity contribution < 1.29 is 4.79 Å². The van der Waals surface area contributed by atoms with Crippen LogP contribution in [0.15, 0.2) is 0 Å². The molecule has 1 unspecified atom stereocenters. The summed E-state index contributed by atoms with van der Waals surface area (Å²) in [5.41, 5.74) is 0. The summed E-state index contributed by atoms with van der Waals surface area (Å²) in [6, 6.07) is -0.00354. The molecule has 0 aliphatic carbocycles. The van der Waals surface area contributed by atoms with Crippen LogP contribution in [-0.2, 0) is 11.2 Å². The van der Waals surface area contributed by atoms with Crippen LogP contribution in [0, 0.1) is 5.92 Å². The third-order valence-electron chi connectivity index (χ3n) is 4.96. The molecule has 1 atom stereocenters. The van der Waals surface area contributed by atoms with Crippen LogP contribution < -0.4 is 4.90 Å². The number of amides is 1. The second-order valence-electron chi connectivity index (χ2n) is 7.32. The highest BCUT2D eigenvalue weighted by atomic mass is 32.1. The van der Waals surface area contributed by atoms with E-state index < -0.39 is 0 Å². The van der Waals surface area contributed by atoms with E-state index in [1.54, 1.807) is 0 Å². The smallest absolute Gasteiger partial charge is 0.239 e. The number of rotatable bonds is 5. The first-order chi connectivity index (χ1) is 11.5. The van der Waals surface area contributed by atoms with Crippen molar-refractivity contribution in [3.8, 4) is 0 Å². The lowest BCUT2D eigenvalue weighted by atomic mass is 10.1. The lowest BCUT2D eigenvalue weighted by Gasteiger charge is -2.38. The maximum Gasteiger partial charge on any atom is 0.239 e. The highest BCUT2D eigenvalue weighted by molar-refractivity contribution is 7.09. The molecule has 2 aliphatic rings. The van der Waals surface area contributed by atoms with Crippen molar-refractivity contribution in [3.05, 3.63) is 5.82 Å². The predicted molar refractivity (Wildman–Crippen MR) is 97.5 cm³/mol. The van der Waals surface area contributed by atoms with Crippen molar-refractivity contribution in [1.82, 2.24) is 19.2 Å². The van der Waals surface area contributed by atoms with Gasteiger partial charge in [0.1, 0.15) is 5.82 Å². The summed E-state index contributed by atoms with van der Waals surface area (Å²) in [5.74, 6) is 1.85. The van der Waals surface area contributed by atoms with Crippen molar-refractivity contribution in [3.63, 3.8) is 0 Å². The Hall–Kier alpha value is -1.21. The molecule has 1 aromatic rings. The first-order valence-electron chi connectivity index (χ1n) is 9.15. The zero-order valence-corrected chi connectivity index (χ0v) is 15.9. The van der Waals surface area contributed by atoms with Crippen molar-refractivity contribution in [2.75, 3.05) is 44.2 Å². The summed E-state index contributed by atoms with van der Waals surface area (Å²) < 4.78 is 4.48. The molecule has 7 heteroatoms. The Morgan fingerprint density at radius 3 is 2.38 bits per heavy atom. The van der Waals surface area contributed by atoms with E-state index in [-0.39, 0.29) is 6.04 Å². The zero-order chi connectivity index (χ0) is 17.1. The molecule has 3 rings (SSSR count). The van der Waals surface area contributed by atoms with Crippen LogP contribution in [0.4, 0.5) is 5.13 Å². The Balaban J connectivity index is 1.51. The molecule has 3 heterocycles. The van der Waals surface area contributed by atoms with E-state index in [0.717, 1.165) is 69.5 Å². The van der Waals surface area contributed by atoms with Crippen LogP contribution in [0.5, 0.6) is 0 Å². The first-order valence-corrected chi connectivity index (χ1v) is 9.92. The fourth-order valence-corrected chi connectivity index (χ4v) is 4.23. The summed E-state index contributed by atoms with van der Waals surface area (Å²) in [7, 11) is 0. The number of carbonyl (C=O) groups is 1. The third-order valence-corrected chi connectivity index (χ3v) is 5.77. The SMILES string of the molecule is CC(C)Cc1nsc(N2CCN(C(C)C(=O)N3CCCC3)CC2)n1. The molecule has 0 N–H and O–H groups in total. The van der Waals surface area contributed by atoms with Crippen LogP contribution in [0.2, 0.25) is 0 Å². The van der Waals surface area contributed by atoms with E-state index in [0.29, 0.717) is 11.8 Å². The molecule has 0 bridgehead atoms. The van der Waals surface area contributed by atoms with Gasteiger partial charge in [0.05, 0.1) is 6.04 Å². The Bertz CT molecular complexity index is 547. The standard InChI is InChI=1S/C17H29N5OS/c1-13(2)12-15-18-17(24-19-15)22-10-8-20(9-11-22)14(3)16(23)21-6-4-5-7-21/h13-14H,4-12H2,1-3H3. The van der Waals surface area contributed by atoms with E-state index in [9.17, 15) is 4.79 Å². The van der Waals surface area contributed by atoms with Crippen molar-refractivity contribution in [1.29, 1.82) is 0 Å². The van der Waals surface area contributed by atoms with Gasteiger partial charge in [-0.25, -0.2) is 4.98 Å². The Morgan fingerprint density at radius 1 is 1.08 bits per heavy atom. The number of nitrogens with zero attached hydrogens (tertiary/aromatic N) is 5. The first kappa shape index (κ1) is 17.6.